The lowest BCUT2D eigenvalue weighted by Gasteiger charge is -2.19. The average Bonchev–Trinajstić information content (AvgIpc) is 2.40. The van der Waals surface area contributed by atoms with Crippen molar-refractivity contribution in [3.05, 3.63) is 65.0 Å². The molecule has 0 spiro atoms. The Morgan fingerprint density at radius 1 is 1.22 bits per heavy atom. The van der Waals surface area contributed by atoms with Crippen molar-refractivity contribution in [3.8, 4) is 0 Å². The molecule has 0 amide bonds. The third-order valence-corrected chi connectivity index (χ3v) is 2.91. The Morgan fingerprint density at radius 3 is 2.61 bits per heavy atom. The van der Waals surface area contributed by atoms with Crippen molar-refractivity contribution in [3.63, 3.8) is 0 Å². The van der Waals surface area contributed by atoms with E-state index in [1.807, 2.05) is 0 Å². The first-order valence-electron chi connectivity index (χ1n) is 5.67. The Morgan fingerprint density at radius 2 is 2.00 bits per heavy atom. The molecule has 1 unspecified atom stereocenters. The Labute approximate surface area is 105 Å². The highest BCUT2D eigenvalue weighted by Crippen LogP contribution is 2.27. The number of aromatic nitrogens is 1. The molecule has 0 aliphatic rings. The van der Waals surface area contributed by atoms with Crippen molar-refractivity contribution in [2.75, 3.05) is 7.05 Å². The lowest BCUT2D eigenvalue weighted by atomic mass is 9.97. The number of benzene rings is 1. The Kier molecular flexibility index (Phi) is 3.67. The normalized spacial score (nSPS) is 12.4. The molecular weight excluding hydrogens is 234 g/mol. The van der Waals surface area contributed by atoms with Crippen LogP contribution in [0.15, 0.2) is 36.7 Å². The summed E-state index contributed by atoms with van der Waals surface area (Å²) in [5, 5.41) is 2.92. The van der Waals surface area contributed by atoms with Crippen molar-refractivity contribution in [2.24, 2.45) is 0 Å². The summed E-state index contributed by atoms with van der Waals surface area (Å²) in [6, 6.07) is 5.71. The molecule has 1 aromatic heterocycles. The highest BCUT2D eigenvalue weighted by atomic mass is 19.1. The molecule has 0 radical (unpaired) electrons. The van der Waals surface area contributed by atoms with Crippen LogP contribution in [0.4, 0.5) is 8.78 Å². The first kappa shape index (κ1) is 12.6. The van der Waals surface area contributed by atoms with E-state index in [4.69, 9.17) is 0 Å². The van der Waals surface area contributed by atoms with Crippen molar-refractivity contribution in [1.82, 2.24) is 10.3 Å². The monoisotopic (exact) mass is 248 g/mol. The van der Waals surface area contributed by atoms with Crippen LogP contribution in [0.25, 0.3) is 0 Å². The molecule has 0 saturated heterocycles. The van der Waals surface area contributed by atoms with Gasteiger partial charge in [0.25, 0.3) is 0 Å². The minimum Gasteiger partial charge on any atom is -0.309 e. The van der Waals surface area contributed by atoms with Gasteiger partial charge in [0.2, 0.25) is 0 Å². The summed E-state index contributed by atoms with van der Waals surface area (Å²) in [6.45, 7) is 1.62. The van der Waals surface area contributed by atoms with E-state index < -0.39 is 17.7 Å². The second kappa shape index (κ2) is 5.23. The van der Waals surface area contributed by atoms with E-state index in [0.29, 0.717) is 5.56 Å². The maximum atomic E-state index is 14.1. The zero-order valence-electron chi connectivity index (χ0n) is 10.2. The minimum absolute atomic E-state index is 0.0329. The molecule has 0 saturated carbocycles. The second-order valence-electron chi connectivity index (χ2n) is 4.10. The van der Waals surface area contributed by atoms with Gasteiger partial charge in [-0.05, 0) is 37.2 Å². The Bertz CT molecular complexity index is 541. The molecule has 0 aliphatic carbocycles. The van der Waals surface area contributed by atoms with E-state index in [9.17, 15) is 8.78 Å². The summed E-state index contributed by atoms with van der Waals surface area (Å²) < 4.78 is 27.9. The number of hydrogen-bond donors (Lipinski definition) is 1. The molecule has 4 heteroatoms. The fraction of sp³-hybridized carbons (Fsp3) is 0.214. The molecular formula is C14H14F2N2. The van der Waals surface area contributed by atoms with E-state index in [1.54, 1.807) is 38.5 Å². The molecule has 1 aromatic carbocycles. The summed E-state index contributed by atoms with van der Waals surface area (Å²) in [4.78, 5) is 3.98. The van der Waals surface area contributed by atoms with Crippen LogP contribution in [0.1, 0.15) is 22.7 Å². The highest BCUT2D eigenvalue weighted by Gasteiger charge is 2.21. The van der Waals surface area contributed by atoms with Crippen LogP contribution < -0.4 is 5.32 Å². The molecule has 2 aromatic rings. The van der Waals surface area contributed by atoms with Gasteiger partial charge in [-0.1, -0.05) is 12.1 Å². The van der Waals surface area contributed by atoms with Crippen LogP contribution in [-0.2, 0) is 0 Å². The van der Waals surface area contributed by atoms with Gasteiger partial charge in [0.15, 0.2) is 0 Å². The lowest BCUT2D eigenvalue weighted by molar-refractivity contribution is 0.517. The number of nitrogens with one attached hydrogen (secondary N) is 1. The molecule has 0 aliphatic heterocycles. The predicted molar refractivity (Wildman–Crippen MR) is 66.2 cm³/mol. The second-order valence-corrected chi connectivity index (χ2v) is 4.10. The van der Waals surface area contributed by atoms with Crippen LogP contribution in [-0.4, -0.2) is 12.0 Å². The first-order valence-corrected chi connectivity index (χ1v) is 5.67. The van der Waals surface area contributed by atoms with Crippen molar-refractivity contribution >= 4 is 0 Å². The largest absolute Gasteiger partial charge is 0.309 e. The molecule has 2 rings (SSSR count). The summed E-state index contributed by atoms with van der Waals surface area (Å²) in [5.74, 6) is -1.07. The van der Waals surface area contributed by atoms with E-state index in [-0.39, 0.29) is 5.56 Å². The topological polar surface area (TPSA) is 24.9 Å². The Hall–Kier alpha value is -1.81. The molecule has 2 nitrogen and oxygen atoms in total. The third-order valence-electron chi connectivity index (χ3n) is 2.91. The highest BCUT2D eigenvalue weighted by molar-refractivity contribution is 5.35. The fourth-order valence-corrected chi connectivity index (χ4v) is 1.97. The summed E-state index contributed by atoms with van der Waals surface area (Å²) in [5.41, 5.74) is 1.18. The summed E-state index contributed by atoms with van der Waals surface area (Å²) in [6.07, 6.45) is 3.22. The zero-order valence-corrected chi connectivity index (χ0v) is 10.2. The van der Waals surface area contributed by atoms with Crippen molar-refractivity contribution < 1.29 is 8.78 Å². The number of aryl methyl sites for hydroxylation is 1. The van der Waals surface area contributed by atoms with Gasteiger partial charge in [0.1, 0.15) is 11.6 Å². The van der Waals surface area contributed by atoms with Gasteiger partial charge in [0, 0.05) is 18.0 Å². The van der Waals surface area contributed by atoms with Crippen molar-refractivity contribution in [2.45, 2.75) is 13.0 Å². The minimum atomic E-state index is -0.554. The quantitative estimate of drug-likeness (QED) is 0.903. The average molecular weight is 248 g/mol. The first-order chi connectivity index (χ1) is 8.65. The van der Waals surface area contributed by atoms with Gasteiger partial charge in [-0.15, -0.1) is 0 Å². The van der Waals surface area contributed by atoms with Gasteiger partial charge in [-0.2, -0.15) is 0 Å². The van der Waals surface area contributed by atoms with Crippen LogP contribution in [0.2, 0.25) is 0 Å². The zero-order chi connectivity index (χ0) is 13.1. The molecule has 18 heavy (non-hydrogen) atoms. The van der Waals surface area contributed by atoms with Gasteiger partial charge >= 0.3 is 0 Å². The van der Waals surface area contributed by atoms with Gasteiger partial charge < -0.3 is 5.32 Å². The van der Waals surface area contributed by atoms with Gasteiger partial charge in [0.05, 0.1) is 6.04 Å². The van der Waals surface area contributed by atoms with Gasteiger partial charge in [-0.3, -0.25) is 4.98 Å². The number of rotatable bonds is 3. The third kappa shape index (κ3) is 2.24. The van der Waals surface area contributed by atoms with Crippen LogP contribution in [0.5, 0.6) is 0 Å². The SMILES string of the molecule is CNC(c1cccnc1)c1c(F)ccc(C)c1F. The predicted octanol–water partition coefficient (Wildman–Crippen LogP) is 2.98. The summed E-state index contributed by atoms with van der Waals surface area (Å²) in [7, 11) is 1.67. The van der Waals surface area contributed by atoms with Crippen molar-refractivity contribution in [1.29, 1.82) is 0 Å². The number of halogens is 2. The fourth-order valence-electron chi connectivity index (χ4n) is 1.97. The number of nitrogens with zero attached hydrogens (tertiary/aromatic N) is 1. The van der Waals surface area contributed by atoms with Crippen LogP contribution in [0, 0.1) is 18.6 Å². The number of pyridine rings is 1. The van der Waals surface area contributed by atoms with E-state index in [1.165, 1.54) is 12.1 Å². The molecule has 0 fully saturated rings. The van der Waals surface area contributed by atoms with E-state index in [2.05, 4.69) is 10.3 Å². The smallest absolute Gasteiger partial charge is 0.134 e. The maximum Gasteiger partial charge on any atom is 0.134 e. The van der Waals surface area contributed by atoms with E-state index in [0.717, 1.165) is 5.56 Å². The van der Waals surface area contributed by atoms with Crippen LogP contribution in [0.3, 0.4) is 0 Å². The molecule has 1 atom stereocenters. The maximum absolute atomic E-state index is 14.1. The number of hydrogen-bond acceptors (Lipinski definition) is 2. The molecule has 94 valence electrons. The van der Waals surface area contributed by atoms with Gasteiger partial charge in [-0.25, -0.2) is 8.78 Å². The molecule has 1 N–H and O–H groups in total. The Balaban J connectivity index is 2.56. The van der Waals surface area contributed by atoms with Crippen LogP contribution >= 0.6 is 0 Å². The molecule has 1 heterocycles. The summed E-state index contributed by atoms with van der Waals surface area (Å²) >= 11 is 0. The standard InChI is InChI=1S/C14H14F2N2/c1-9-5-6-11(15)12(13(9)16)14(17-2)10-4-3-7-18-8-10/h3-8,14,17H,1-2H3. The van der Waals surface area contributed by atoms with E-state index >= 15 is 0 Å². The lowest BCUT2D eigenvalue weighted by Crippen LogP contribution is -2.21. The molecule has 0 bridgehead atoms.